The molecule has 0 spiro atoms. The highest BCUT2D eigenvalue weighted by atomic mass is 16.5. The second kappa shape index (κ2) is 12.0. The lowest BCUT2D eigenvalue weighted by Gasteiger charge is -2.08. The quantitative estimate of drug-likeness (QED) is 0.277. The van der Waals surface area contributed by atoms with Crippen molar-refractivity contribution in [3.8, 4) is 11.5 Å². The number of rotatable bonds is 6. The van der Waals surface area contributed by atoms with Crippen LogP contribution in [0.5, 0.6) is 11.5 Å². The zero-order valence-electron chi connectivity index (χ0n) is 21.5. The van der Waals surface area contributed by atoms with E-state index in [9.17, 15) is 4.79 Å². The summed E-state index contributed by atoms with van der Waals surface area (Å²) in [4.78, 5) is 12.4. The van der Waals surface area contributed by atoms with Gasteiger partial charge in [0.05, 0.1) is 14.2 Å². The highest BCUT2D eigenvalue weighted by Gasteiger charge is 2.11. The normalized spacial score (nSPS) is 10.2. The molecular formula is C32H34O3. The molecule has 0 atom stereocenters. The van der Waals surface area contributed by atoms with E-state index in [2.05, 4.69) is 44.2 Å². The molecule has 0 aromatic heterocycles. The van der Waals surface area contributed by atoms with E-state index in [1.807, 2.05) is 44.2 Å². The molecule has 4 aromatic carbocycles. The molecule has 4 rings (SSSR count). The largest absolute Gasteiger partial charge is 0.497 e. The molecule has 0 N–H and O–H groups in total. The van der Waals surface area contributed by atoms with Crippen molar-refractivity contribution in [3.05, 3.63) is 129 Å². The van der Waals surface area contributed by atoms with Gasteiger partial charge in [0.1, 0.15) is 11.5 Å². The topological polar surface area (TPSA) is 35.5 Å². The van der Waals surface area contributed by atoms with Crippen LogP contribution in [-0.2, 0) is 6.42 Å². The fourth-order valence-corrected chi connectivity index (χ4v) is 3.83. The van der Waals surface area contributed by atoms with E-state index in [1.165, 1.54) is 22.3 Å². The number of methoxy groups -OCH3 is 2. The minimum atomic E-state index is 0.0545. The Bertz CT molecular complexity index is 1270. The Balaban J connectivity index is 0.000000196. The molecule has 0 bridgehead atoms. The number of hydrogen-bond donors (Lipinski definition) is 0. The van der Waals surface area contributed by atoms with Gasteiger partial charge in [0.15, 0.2) is 5.78 Å². The summed E-state index contributed by atoms with van der Waals surface area (Å²) < 4.78 is 10.2. The van der Waals surface area contributed by atoms with E-state index < -0.39 is 0 Å². The average molecular weight is 467 g/mol. The van der Waals surface area contributed by atoms with Gasteiger partial charge in [0.2, 0.25) is 0 Å². The molecule has 0 saturated carbocycles. The molecule has 3 heteroatoms. The molecule has 0 fully saturated rings. The maximum absolute atomic E-state index is 12.4. The number of carbonyl (C=O) groups excluding carboxylic acids is 1. The molecule has 0 unspecified atom stereocenters. The van der Waals surface area contributed by atoms with Crippen LogP contribution >= 0.6 is 0 Å². The molecule has 0 heterocycles. The predicted molar refractivity (Wildman–Crippen MR) is 144 cm³/mol. The Morgan fingerprint density at radius 1 is 0.629 bits per heavy atom. The first-order chi connectivity index (χ1) is 16.8. The summed E-state index contributed by atoms with van der Waals surface area (Å²) in [5, 5.41) is 0. The third-order valence-electron chi connectivity index (χ3n) is 6.05. The first kappa shape index (κ1) is 25.8. The molecule has 3 nitrogen and oxygen atoms in total. The van der Waals surface area contributed by atoms with Crippen LogP contribution in [0, 0.1) is 27.7 Å². The van der Waals surface area contributed by atoms with Gasteiger partial charge in [-0.2, -0.15) is 0 Å². The van der Waals surface area contributed by atoms with Gasteiger partial charge in [0.25, 0.3) is 0 Å². The van der Waals surface area contributed by atoms with Crippen molar-refractivity contribution in [2.75, 3.05) is 14.2 Å². The second-order valence-electron chi connectivity index (χ2n) is 8.83. The summed E-state index contributed by atoms with van der Waals surface area (Å²) in [7, 11) is 3.31. The molecule has 0 radical (unpaired) electrons. The van der Waals surface area contributed by atoms with Gasteiger partial charge >= 0.3 is 0 Å². The Hall–Kier alpha value is -3.85. The predicted octanol–water partition coefficient (Wildman–Crippen LogP) is 7.45. The van der Waals surface area contributed by atoms with Crippen molar-refractivity contribution in [1.82, 2.24) is 0 Å². The molecular weight excluding hydrogens is 432 g/mol. The second-order valence-corrected chi connectivity index (χ2v) is 8.83. The summed E-state index contributed by atoms with van der Waals surface area (Å²) in [6.45, 7) is 8.25. The summed E-state index contributed by atoms with van der Waals surface area (Å²) >= 11 is 0. The fraction of sp³-hybridized carbons (Fsp3) is 0.219. The number of hydrogen-bond acceptors (Lipinski definition) is 3. The first-order valence-electron chi connectivity index (χ1n) is 11.8. The van der Waals surface area contributed by atoms with Crippen LogP contribution in [0.15, 0.2) is 84.9 Å². The third-order valence-corrected chi connectivity index (χ3v) is 6.05. The number of carbonyl (C=O) groups is 1. The Labute approximate surface area is 209 Å². The highest BCUT2D eigenvalue weighted by molar-refractivity contribution is 6.10. The molecule has 0 saturated heterocycles. The summed E-state index contributed by atoms with van der Waals surface area (Å²) in [5.41, 5.74) is 8.93. The smallest absolute Gasteiger partial charge is 0.193 e. The van der Waals surface area contributed by atoms with Gasteiger partial charge in [-0.05, 0) is 98.8 Å². The maximum atomic E-state index is 12.4. The van der Waals surface area contributed by atoms with Crippen molar-refractivity contribution in [2.45, 2.75) is 34.1 Å². The fourth-order valence-electron chi connectivity index (χ4n) is 3.83. The Kier molecular flexibility index (Phi) is 8.86. The lowest BCUT2D eigenvalue weighted by molar-refractivity contribution is 0.103. The lowest BCUT2D eigenvalue weighted by Crippen LogP contribution is -2.04. The minimum absolute atomic E-state index is 0.0545. The molecule has 4 aromatic rings. The number of benzene rings is 4. The van der Waals surface area contributed by atoms with Crippen LogP contribution in [0.25, 0.3) is 0 Å². The average Bonchev–Trinajstić information content (AvgIpc) is 2.88. The molecule has 180 valence electrons. The summed E-state index contributed by atoms with van der Waals surface area (Å²) in [5.74, 6) is 1.72. The van der Waals surface area contributed by atoms with Gasteiger partial charge < -0.3 is 9.47 Å². The van der Waals surface area contributed by atoms with Gasteiger partial charge in [0, 0.05) is 11.1 Å². The molecule has 0 aliphatic rings. The summed E-state index contributed by atoms with van der Waals surface area (Å²) in [6.07, 6.45) is 0.984. The van der Waals surface area contributed by atoms with Crippen molar-refractivity contribution in [3.63, 3.8) is 0 Å². The zero-order valence-corrected chi connectivity index (χ0v) is 21.5. The minimum Gasteiger partial charge on any atom is -0.497 e. The van der Waals surface area contributed by atoms with Crippen LogP contribution in [0.1, 0.15) is 49.3 Å². The van der Waals surface area contributed by atoms with E-state index in [4.69, 9.17) is 9.47 Å². The van der Waals surface area contributed by atoms with Crippen molar-refractivity contribution in [1.29, 1.82) is 0 Å². The van der Waals surface area contributed by atoms with Crippen molar-refractivity contribution in [2.24, 2.45) is 0 Å². The molecule has 0 amide bonds. The maximum Gasteiger partial charge on any atom is 0.193 e. The highest BCUT2D eigenvalue weighted by Crippen LogP contribution is 2.19. The number of aryl methyl sites for hydroxylation is 4. The monoisotopic (exact) mass is 466 g/mol. The van der Waals surface area contributed by atoms with E-state index in [0.29, 0.717) is 5.56 Å². The Morgan fingerprint density at radius 2 is 1.14 bits per heavy atom. The van der Waals surface area contributed by atoms with Crippen molar-refractivity contribution >= 4 is 5.78 Å². The standard InChI is InChI=1S/C16H16O2.C16H18O/c1-11-4-5-12(2)15(10-11)16(17)13-6-8-14(18-3)9-7-13;1-12-4-5-13(2)15(10-12)11-14-6-8-16(17-3)9-7-14/h4-10H,1-3H3;4-10H,11H2,1-3H3. The first-order valence-corrected chi connectivity index (χ1v) is 11.8. The van der Waals surface area contributed by atoms with Gasteiger partial charge in [-0.15, -0.1) is 0 Å². The van der Waals surface area contributed by atoms with Gasteiger partial charge in [-0.25, -0.2) is 0 Å². The van der Waals surface area contributed by atoms with Crippen LogP contribution in [0.2, 0.25) is 0 Å². The van der Waals surface area contributed by atoms with Crippen LogP contribution in [0.3, 0.4) is 0 Å². The van der Waals surface area contributed by atoms with Crippen LogP contribution in [0.4, 0.5) is 0 Å². The summed E-state index contributed by atoms with van der Waals surface area (Å²) in [6, 6.07) is 28.0. The SMILES string of the molecule is COc1ccc(C(=O)c2cc(C)ccc2C)cc1.COc1ccc(Cc2cc(C)ccc2C)cc1. The van der Waals surface area contributed by atoms with Crippen molar-refractivity contribution < 1.29 is 14.3 Å². The third kappa shape index (κ3) is 7.07. The number of ketones is 1. The Morgan fingerprint density at radius 3 is 1.71 bits per heavy atom. The van der Waals surface area contributed by atoms with Crippen LogP contribution < -0.4 is 9.47 Å². The zero-order chi connectivity index (χ0) is 25.4. The van der Waals surface area contributed by atoms with Crippen LogP contribution in [-0.4, -0.2) is 20.0 Å². The van der Waals surface area contributed by atoms with Gasteiger partial charge in [-0.1, -0.05) is 53.6 Å². The lowest BCUT2D eigenvalue weighted by atomic mass is 9.97. The van der Waals surface area contributed by atoms with Gasteiger partial charge in [-0.3, -0.25) is 4.79 Å². The van der Waals surface area contributed by atoms with E-state index >= 15 is 0 Å². The molecule has 35 heavy (non-hydrogen) atoms. The van der Waals surface area contributed by atoms with E-state index in [-0.39, 0.29) is 5.78 Å². The molecule has 0 aliphatic heterocycles. The van der Waals surface area contributed by atoms with E-state index in [0.717, 1.165) is 34.6 Å². The van der Waals surface area contributed by atoms with E-state index in [1.54, 1.807) is 38.5 Å². The number of ether oxygens (including phenoxy) is 2. The molecule has 0 aliphatic carbocycles.